The van der Waals surface area contributed by atoms with E-state index in [0.29, 0.717) is 25.1 Å². The molecule has 1 atom stereocenters. The van der Waals surface area contributed by atoms with E-state index in [1.54, 1.807) is 6.07 Å². The number of hydrogen-bond donors (Lipinski definition) is 1. The molecule has 0 bridgehead atoms. The second-order valence-corrected chi connectivity index (χ2v) is 4.72. The monoisotopic (exact) mass is 276 g/mol. The van der Waals surface area contributed by atoms with Crippen molar-refractivity contribution in [3.05, 3.63) is 35.6 Å². The van der Waals surface area contributed by atoms with Gasteiger partial charge in [-0.05, 0) is 30.7 Å². The van der Waals surface area contributed by atoms with Gasteiger partial charge in [0, 0.05) is 19.6 Å². The summed E-state index contributed by atoms with van der Waals surface area (Å²) in [4.78, 5) is 1.37. The van der Waals surface area contributed by atoms with Crippen molar-refractivity contribution in [2.24, 2.45) is 0 Å². The number of hydrogen-bond acceptors (Lipinski definition) is 2. The summed E-state index contributed by atoms with van der Waals surface area (Å²) in [5.41, 5.74) is 0.566. The smallest absolute Gasteiger partial charge is 0.315 e. The zero-order valence-corrected chi connectivity index (χ0v) is 10.4. The number of halogens is 4. The van der Waals surface area contributed by atoms with Gasteiger partial charge >= 0.3 is 6.18 Å². The maximum absolute atomic E-state index is 13.1. The Hall–Kier alpha value is -1.14. The minimum atomic E-state index is -4.27. The molecule has 1 fully saturated rings. The van der Waals surface area contributed by atoms with E-state index in [1.807, 2.05) is 0 Å². The average molecular weight is 276 g/mol. The molecule has 0 radical (unpaired) electrons. The van der Waals surface area contributed by atoms with Crippen molar-refractivity contribution in [2.75, 3.05) is 19.6 Å². The third-order valence-electron chi connectivity index (χ3n) is 3.23. The first-order chi connectivity index (χ1) is 8.97. The molecule has 1 aromatic rings. The van der Waals surface area contributed by atoms with E-state index in [0.717, 1.165) is 0 Å². The Labute approximate surface area is 109 Å². The van der Waals surface area contributed by atoms with Crippen molar-refractivity contribution in [3.63, 3.8) is 0 Å². The van der Waals surface area contributed by atoms with E-state index in [9.17, 15) is 17.6 Å². The molecule has 0 amide bonds. The number of alkyl halides is 3. The van der Waals surface area contributed by atoms with Gasteiger partial charge in [-0.3, -0.25) is 4.90 Å². The van der Waals surface area contributed by atoms with Crippen LogP contribution in [0.25, 0.3) is 0 Å². The third kappa shape index (κ3) is 3.91. The van der Waals surface area contributed by atoms with Crippen LogP contribution in [-0.4, -0.2) is 36.8 Å². The van der Waals surface area contributed by atoms with Gasteiger partial charge in [0.2, 0.25) is 0 Å². The third-order valence-corrected chi connectivity index (χ3v) is 3.23. The molecule has 0 spiro atoms. The van der Waals surface area contributed by atoms with Crippen LogP contribution in [0.4, 0.5) is 17.6 Å². The van der Waals surface area contributed by atoms with Crippen molar-refractivity contribution >= 4 is 0 Å². The summed E-state index contributed by atoms with van der Waals surface area (Å²) in [6.07, 6.45) is -3.62. The molecular weight excluding hydrogens is 260 g/mol. The van der Waals surface area contributed by atoms with Crippen LogP contribution >= 0.6 is 0 Å². The van der Waals surface area contributed by atoms with Crippen LogP contribution in [0.15, 0.2) is 24.3 Å². The van der Waals surface area contributed by atoms with Gasteiger partial charge < -0.3 is 5.32 Å². The van der Waals surface area contributed by atoms with E-state index in [1.165, 1.54) is 23.1 Å². The Kier molecular flexibility index (Phi) is 4.42. The largest absolute Gasteiger partial charge is 0.405 e. The number of benzene rings is 1. The second kappa shape index (κ2) is 5.88. The van der Waals surface area contributed by atoms with E-state index in [2.05, 4.69) is 5.32 Å². The Morgan fingerprint density at radius 1 is 1.32 bits per heavy atom. The Morgan fingerprint density at radius 3 is 2.79 bits per heavy atom. The van der Waals surface area contributed by atoms with Crippen LogP contribution < -0.4 is 5.32 Å². The molecule has 106 valence electrons. The summed E-state index contributed by atoms with van der Waals surface area (Å²) in [5.74, 6) is -0.422. The van der Waals surface area contributed by atoms with Crippen LogP contribution in [0.3, 0.4) is 0 Å². The Balaban J connectivity index is 2.14. The predicted octanol–water partition coefficient (Wildman–Crippen LogP) is 2.55. The number of nitrogens with one attached hydrogen (secondary N) is 1. The lowest BCUT2D eigenvalue weighted by Crippen LogP contribution is -2.49. The standard InChI is InChI=1S/C13H16F4N2/c14-11-4-1-3-10(7-11)9-19-6-2-5-18-8-12(19)13(15,16)17/h1,3-4,7,12,18H,2,5-6,8-9H2. The molecule has 0 saturated carbocycles. The first kappa shape index (κ1) is 14.3. The first-order valence-corrected chi connectivity index (χ1v) is 6.23. The van der Waals surface area contributed by atoms with Crippen molar-refractivity contribution in [2.45, 2.75) is 25.2 Å². The van der Waals surface area contributed by atoms with Gasteiger partial charge in [-0.25, -0.2) is 4.39 Å². The lowest BCUT2D eigenvalue weighted by molar-refractivity contribution is -0.182. The Bertz CT molecular complexity index is 419. The minimum absolute atomic E-state index is 0.112. The quantitative estimate of drug-likeness (QED) is 0.835. The van der Waals surface area contributed by atoms with E-state index < -0.39 is 18.0 Å². The zero-order valence-electron chi connectivity index (χ0n) is 10.4. The molecule has 19 heavy (non-hydrogen) atoms. The molecule has 1 heterocycles. The minimum Gasteiger partial charge on any atom is -0.315 e. The summed E-state index contributed by atoms with van der Waals surface area (Å²) in [7, 11) is 0. The van der Waals surface area contributed by atoms with Crippen LogP contribution in [0, 0.1) is 5.82 Å². The molecule has 1 N–H and O–H groups in total. The fourth-order valence-electron chi connectivity index (χ4n) is 2.31. The number of nitrogens with zero attached hydrogens (tertiary/aromatic N) is 1. The fourth-order valence-corrected chi connectivity index (χ4v) is 2.31. The molecule has 1 aliphatic rings. The van der Waals surface area contributed by atoms with Crippen LogP contribution in [0.2, 0.25) is 0 Å². The summed E-state index contributed by atoms with van der Waals surface area (Å²) >= 11 is 0. The predicted molar refractivity (Wildman–Crippen MR) is 64.1 cm³/mol. The lowest BCUT2D eigenvalue weighted by atomic mass is 10.1. The summed E-state index contributed by atoms with van der Waals surface area (Å²) < 4.78 is 52.1. The van der Waals surface area contributed by atoms with Crippen LogP contribution in [-0.2, 0) is 6.54 Å². The summed E-state index contributed by atoms with van der Waals surface area (Å²) in [5, 5.41) is 2.80. The van der Waals surface area contributed by atoms with E-state index >= 15 is 0 Å². The summed E-state index contributed by atoms with van der Waals surface area (Å²) in [6.45, 7) is 0.933. The van der Waals surface area contributed by atoms with Gasteiger partial charge in [-0.1, -0.05) is 12.1 Å². The van der Waals surface area contributed by atoms with Crippen molar-refractivity contribution < 1.29 is 17.6 Å². The SMILES string of the molecule is Fc1cccc(CN2CCCNCC2C(F)(F)F)c1. The van der Waals surface area contributed by atoms with Gasteiger partial charge in [0.1, 0.15) is 11.9 Å². The van der Waals surface area contributed by atoms with Crippen molar-refractivity contribution in [3.8, 4) is 0 Å². The molecule has 1 unspecified atom stereocenters. The van der Waals surface area contributed by atoms with E-state index in [4.69, 9.17) is 0 Å². The molecule has 1 saturated heterocycles. The normalized spacial score (nSPS) is 22.2. The summed E-state index contributed by atoms with van der Waals surface area (Å²) in [6, 6.07) is 4.22. The van der Waals surface area contributed by atoms with Gasteiger partial charge in [0.05, 0.1) is 0 Å². The highest BCUT2D eigenvalue weighted by Gasteiger charge is 2.43. The van der Waals surface area contributed by atoms with Gasteiger partial charge in [0.15, 0.2) is 0 Å². The number of rotatable bonds is 2. The fraction of sp³-hybridized carbons (Fsp3) is 0.538. The maximum atomic E-state index is 13.1. The zero-order chi connectivity index (χ0) is 13.9. The van der Waals surface area contributed by atoms with Gasteiger partial charge in [0.25, 0.3) is 0 Å². The molecule has 0 aliphatic carbocycles. The molecule has 1 aromatic carbocycles. The lowest BCUT2D eigenvalue weighted by Gasteiger charge is -2.31. The topological polar surface area (TPSA) is 15.3 Å². The highest BCUT2D eigenvalue weighted by molar-refractivity contribution is 5.16. The maximum Gasteiger partial charge on any atom is 0.405 e. The molecule has 0 aromatic heterocycles. The second-order valence-electron chi connectivity index (χ2n) is 4.72. The molecular formula is C13H16F4N2. The highest BCUT2D eigenvalue weighted by atomic mass is 19.4. The average Bonchev–Trinajstić information content (AvgIpc) is 2.54. The van der Waals surface area contributed by atoms with Crippen molar-refractivity contribution in [1.29, 1.82) is 0 Å². The van der Waals surface area contributed by atoms with Crippen LogP contribution in [0.1, 0.15) is 12.0 Å². The Morgan fingerprint density at radius 2 is 2.11 bits per heavy atom. The molecule has 2 rings (SSSR count). The molecule has 6 heteroatoms. The van der Waals surface area contributed by atoms with Crippen molar-refractivity contribution in [1.82, 2.24) is 10.2 Å². The van der Waals surface area contributed by atoms with Gasteiger partial charge in [-0.15, -0.1) is 0 Å². The first-order valence-electron chi connectivity index (χ1n) is 6.23. The molecule has 2 nitrogen and oxygen atoms in total. The van der Waals surface area contributed by atoms with Gasteiger partial charge in [-0.2, -0.15) is 13.2 Å². The highest BCUT2D eigenvalue weighted by Crippen LogP contribution is 2.27. The van der Waals surface area contributed by atoms with E-state index in [-0.39, 0.29) is 13.1 Å². The van der Waals surface area contributed by atoms with Crippen LogP contribution in [0.5, 0.6) is 0 Å². The molecule has 1 aliphatic heterocycles.